The van der Waals surface area contributed by atoms with Crippen LogP contribution in [-0.2, 0) is 4.57 Å². The van der Waals surface area contributed by atoms with Crippen LogP contribution in [0.3, 0.4) is 0 Å². The zero-order chi connectivity index (χ0) is 19.6. The summed E-state index contributed by atoms with van der Waals surface area (Å²) in [5.74, 6) is -1.54. The average molecular weight is 368 g/mol. The molecular formula is C22H25O3P. The van der Waals surface area contributed by atoms with E-state index < -0.39 is 11.1 Å². The molecule has 26 heavy (non-hydrogen) atoms. The first-order valence-corrected chi connectivity index (χ1v) is 9.48. The summed E-state index contributed by atoms with van der Waals surface area (Å²) < 4.78 is 11.9. The lowest BCUT2D eigenvalue weighted by atomic mass is 9.78. The van der Waals surface area contributed by atoms with Gasteiger partial charge in [0.15, 0.2) is 20.0 Å². The van der Waals surface area contributed by atoms with Gasteiger partial charge in [0.1, 0.15) is 5.92 Å². The Kier molecular flexibility index (Phi) is 5.93. The molecule has 2 rings (SSSR count). The first kappa shape index (κ1) is 20.2. The van der Waals surface area contributed by atoms with E-state index in [9.17, 15) is 14.2 Å². The smallest absolute Gasteiger partial charge is 0.175 e. The summed E-state index contributed by atoms with van der Waals surface area (Å²) in [7, 11) is -0.226. The molecule has 0 bridgehead atoms. The summed E-state index contributed by atoms with van der Waals surface area (Å²) in [5, 5.41) is -1.00. The normalized spacial score (nSPS) is 11.8. The molecule has 4 heteroatoms. The molecule has 0 heterocycles. The van der Waals surface area contributed by atoms with Gasteiger partial charge in [0, 0.05) is 11.1 Å². The van der Waals surface area contributed by atoms with Crippen LogP contribution in [0.5, 0.6) is 0 Å². The minimum absolute atomic E-state index is 0.226. The summed E-state index contributed by atoms with van der Waals surface area (Å²) in [6.07, 6.45) is 0. The highest BCUT2D eigenvalue weighted by Crippen LogP contribution is 2.37. The van der Waals surface area contributed by atoms with E-state index in [2.05, 4.69) is 0 Å². The number of rotatable bonds is 6. The van der Waals surface area contributed by atoms with Gasteiger partial charge in [0.25, 0.3) is 0 Å². The van der Waals surface area contributed by atoms with E-state index >= 15 is 0 Å². The van der Waals surface area contributed by atoms with Gasteiger partial charge in [-0.25, -0.2) is 0 Å². The number of hydrogen-bond donors (Lipinski definition) is 0. The van der Waals surface area contributed by atoms with Crippen LogP contribution in [-0.4, -0.2) is 16.7 Å². The van der Waals surface area contributed by atoms with E-state index in [1.807, 2.05) is 64.1 Å². The molecule has 2 aromatic rings. The molecule has 0 atom stereocenters. The zero-order valence-corrected chi connectivity index (χ0v) is 17.1. The highest BCUT2D eigenvalue weighted by atomic mass is 31.1. The van der Waals surface area contributed by atoms with Crippen molar-refractivity contribution in [3.05, 3.63) is 69.8 Å². The fourth-order valence-corrected chi connectivity index (χ4v) is 3.85. The quantitative estimate of drug-likeness (QED) is 0.375. The van der Waals surface area contributed by atoms with Crippen molar-refractivity contribution in [3.8, 4) is 0 Å². The summed E-state index contributed by atoms with van der Waals surface area (Å²) in [6.45, 7) is 10.9. The third-order valence-corrected chi connectivity index (χ3v) is 5.65. The van der Waals surface area contributed by atoms with Gasteiger partial charge in [-0.3, -0.25) is 14.2 Å². The molecule has 2 aromatic carbocycles. The number of hydrogen-bond acceptors (Lipinski definition) is 3. The van der Waals surface area contributed by atoms with Gasteiger partial charge in [-0.1, -0.05) is 36.4 Å². The second-order valence-electron chi connectivity index (χ2n) is 7.44. The van der Waals surface area contributed by atoms with Gasteiger partial charge in [0.05, 0.1) is 5.16 Å². The molecule has 3 nitrogen and oxygen atoms in total. The second kappa shape index (κ2) is 7.63. The Morgan fingerprint density at radius 1 is 0.769 bits per heavy atom. The van der Waals surface area contributed by atoms with Crippen LogP contribution in [0.1, 0.15) is 56.8 Å². The first-order chi connectivity index (χ1) is 12.1. The Labute approximate surface area is 157 Å². The lowest BCUT2D eigenvalue weighted by Gasteiger charge is -2.28. The van der Waals surface area contributed by atoms with Crippen molar-refractivity contribution in [2.24, 2.45) is 5.92 Å². The lowest BCUT2D eigenvalue weighted by Crippen LogP contribution is -2.40. The summed E-state index contributed by atoms with van der Waals surface area (Å²) in [4.78, 5) is 26.9. The molecule has 136 valence electrons. The summed E-state index contributed by atoms with van der Waals surface area (Å²) >= 11 is 0. The van der Waals surface area contributed by atoms with Gasteiger partial charge in [0.2, 0.25) is 0 Å². The number of ketones is 2. The van der Waals surface area contributed by atoms with Crippen molar-refractivity contribution in [2.45, 2.75) is 46.7 Å². The Bertz CT molecular complexity index is 777. The van der Waals surface area contributed by atoms with Crippen molar-refractivity contribution in [2.75, 3.05) is 0 Å². The van der Waals surface area contributed by atoms with Crippen LogP contribution in [0.4, 0.5) is 0 Å². The Balaban J connectivity index is 2.68. The summed E-state index contributed by atoms with van der Waals surface area (Å²) in [6, 6.07) is 11.2. The van der Waals surface area contributed by atoms with E-state index in [0.717, 1.165) is 22.3 Å². The Morgan fingerprint density at radius 3 is 1.35 bits per heavy atom. The molecule has 0 radical (unpaired) electrons. The maximum atomic E-state index is 13.5. The second-order valence-corrected chi connectivity index (χ2v) is 8.78. The Morgan fingerprint density at radius 2 is 1.08 bits per heavy atom. The van der Waals surface area contributed by atoms with E-state index in [0.29, 0.717) is 11.1 Å². The van der Waals surface area contributed by atoms with Gasteiger partial charge in [-0.2, -0.15) is 0 Å². The fourth-order valence-electron chi connectivity index (χ4n) is 3.51. The van der Waals surface area contributed by atoms with Crippen LogP contribution in [0.25, 0.3) is 0 Å². The highest BCUT2D eigenvalue weighted by molar-refractivity contribution is 7.26. The topological polar surface area (TPSA) is 51.2 Å². The minimum atomic E-state index is -1.01. The molecule has 0 N–H and O–H groups in total. The van der Waals surface area contributed by atoms with Crippen molar-refractivity contribution < 1.29 is 14.2 Å². The van der Waals surface area contributed by atoms with Crippen LogP contribution in [0.2, 0.25) is 0 Å². The lowest BCUT2D eigenvalue weighted by molar-refractivity contribution is 0.0779. The highest BCUT2D eigenvalue weighted by Gasteiger charge is 2.43. The first-order valence-electron chi connectivity index (χ1n) is 8.67. The average Bonchev–Trinajstić information content (AvgIpc) is 2.54. The minimum Gasteiger partial charge on any atom is -0.293 e. The number of Topliss-reactive ketones (excluding diaryl/α,β-unsaturated/α-hetero) is 2. The molecule has 0 saturated heterocycles. The molecule has 0 aliphatic carbocycles. The van der Waals surface area contributed by atoms with Gasteiger partial charge < -0.3 is 0 Å². The van der Waals surface area contributed by atoms with Crippen LogP contribution in [0.15, 0.2) is 36.4 Å². The van der Waals surface area contributed by atoms with Crippen molar-refractivity contribution in [1.82, 2.24) is 0 Å². The van der Waals surface area contributed by atoms with E-state index in [1.165, 1.54) is 0 Å². The van der Waals surface area contributed by atoms with Crippen molar-refractivity contribution in [3.63, 3.8) is 0 Å². The molecule has 0 spiro atoms. The molecule has 0 saturated carbocycles. The standard InChI is InChI=1S/C22H25O3P/c1-13-9-7-10-14(2)17(13)20(23)19(22(5,6)26-25)21(24)18-15(3)11-8-12-16(18)4/h7-12,19H,1-6H3. The number of carbonyl (C=O) groups is 2. The molecular weight excluding hydrogens is 343 g/mol. The van der Waals surface area contributed by atoms with Crippen LogP contribution in [0, 0.1) is 33.6 Å². The zero-order valence-electron chi connectivity index (χ0n) is 16.2. The maximum absolute atomic E-state index is 13.5. The molecule has 0 amide bonds. The largest absolute Gasteiger partial charge is 0.293 e. The van der Waals surface area contributed by atoms with Gasteiger partial charge in [-0.15, -0.1) is 0 Å². The van der Waals surface area contributed by atoms with Gasteiger partial charge >= 0.3 is 0 Å². The monoisotopic (exact) mass is 368 g/mol. The van der Waals surface area contributed by atoms with E-state index in [4.69, 9.17) is 0 Å². The van der Waals surface area contributed by atoms with E-state index in [1.54, 1.807) is 13.8 Å². The predicted molar refractivity (Wildman–Crippen MR) is 106 cm³/mol. The SMILES string of the molecule is Cc1cccc(C)c1C(=O)C(C(=O)c1c(C)cccc1C)C(C)(C)P=O. The maximum Gasteiger partial charge on any atom is 0.175 e. The molecule has 0 aliphatic heterocycles. The fraction of sp³-hybridized carbons (Fsp3) is 0.364. The molecule has 0 aromatic heterocycles. The number of aryl methyl sites for hydroxylation is 4. The third-order valence-electron chi connectivity index (χ3n) is 4.92. The third kappa shape index (κ3) is 3.68. The molecule has 0 aliphatic rings. The number of carbonyl (C=O) groups excluding carboxylic acids is 2. The van der Waals surface area contributed by atoms with Crippen molar-refractivity contribution >= 4 is 20.0 Å². The van der Waals surface area contributed by atoms with Crippen LogP contribution >= 0.6 is 8.46 Å². The summed E-state index contributed by atoms with van der Waals surface area (Å²) in [5.41, 5.74) is 4.41. The van der Waals surface area contributed by atoms with Gasteiger partial charge in [-0.05, 0) is 63.8 Å². The van der Waals surface area contributed by atoms with Crippen molar-refractivity contribution in [1.29, 1.82) is 0 Å². The Hall–Kier alpha value is -2.12. The van der Waals surface area contributed by atoms with E-state index in [-0.39, 0.29) is 20.0 Å². The number of benzene rings is 2. The molecule has 0 fully saturated rings. The molecule has 0 unspecified atom stereocenters. The van der Waals surface area contributed by atoms with Crippen LogP contribution < -0.4 is 0 Å². The predicted octanol–water partition coefficient (Wildman–Crippen LogP) is 5.67.